The number of carbonyl (C=O) groups excluding carboxylic acids is 2. The summed E-state index contributed by atoms with van der Waals surface area (Å²) in [5.41, 5.74) is 6.44. The van der Waals surface area contributed by atoms with E-state index in [-0.39, 0.29) is 24.4 Å². The fourth-order valence-corrected chi connectivity index (χ4v) is 5.43. The molecule has 2 N–H and O–H groups in total. The fraction of sp³-hybridized carbons (Fsp3) is 0.241. The number of aromatic amines is 1. The molecule has 7 heteroatoms. The number of fused-ring (bicyclic) bond motifs is 2. The van der Waals surface area contributed by atoms with Gasteiger partial charge < -0.3 is 24.8 Å². The number of aryl methyl sites for hydroxylation is 1. The molecule has 0 radical (unpaired) electrons. The molecule has 3 aromatic carbocycles. The number of nitrogens with zero attached hydrogens (tertiary/aromatic N) is 2. The van der Waals surface area contributed by atoms with Crippen molar-refractivity contribution in [3.05, 3.63) is 95.2 Å². The topological polar surface area (TPSA) is 77.7 Å². The summed E-state index contributed by atoms with van der Waals surface area (Å²) in [6, 6.07) is 23.2. The number of carbonyl (C=O) groups is 2. The molecule has 182 valence electrons. The second-order valence-electron chi connectivity index (χ2n) is 9.33. The average molecular weight is 481 g/mol. The number of ether oxygens (including phenoxy) is 1. The average Bonchev–Trinajstić information content (AvgIpc) is 3.37. The maximum absolute atomic E-state index is 13.5. The molecule has 1 saturated heterocycles. The van der Waals surface area contributed by atoms with Gasteiger partial charge in [-0.05, 0) is 48.9 Å². The van der Waals surface area contributed by atoms with Crippen molar-refractivity contribution in [2.24, 2.45) is 0 Å². The Hall–Kier alpha value is -4.10. The molecule has 36 heavy (non-hydrogen) atoms. The molecular formula is C29H28N4O3. The lowest BCUT2D eigenvalue weighted by Crippen LogP contribution is -2.37. The summed E-state index contributed by atoms with van der Waals surface area (Å²) in [5, 5.41) is 4.04. The third-order valence-corrected chi connectivity index (χ3v) is 7.12. The third-order valence-electron chi connectivity index (χ3n) is 7.12. The minimum absolute atomic E-state index is 0.0393. The second kappa shape index (κ2) is 9.17. The Bertz CT molecular complexity index is 1440. The van der Waals surface area contributed by atoms with E-state index in [0.29, 0.717) is 11.3 Å². The smallest absolute Gasteiger partial charge is 0.255 e. The maximum Gasteiger partial charge on any atom is 0.255 e. The van der Waals surface area contributed by atoms with Gasteiger partial charge in [-0.1, -0.05) is 36.4 Å². The van der Waals surface area contributed by atoms with Crippen LogP contribution >= 0.6 is 0 Å². The van der Waals surface area contributed by atoms with E-state index in [4.69, 9.17) is 4.74 Å². The lowest BCUT2D eigenvalue weighted by Gasteiger charge is -2.29. The van der Waals surface area contributed by atoms with Crippen LogP contribution < -0.4 is 10.2 Å². The van der Waals surface area contributed by atoms with Crippen molar-refractivity contribution in [3.8, 4) is 0 Å². The van der Waals surface area contributed by atoms with Crippen LogP contribution in [0.15, 0.2) is 72.8 Å². The lowest BCUT2D eigenvalue weighted by atomic mass is 9.95. The first-order valence-corrected chi connectivity index (χ1v) is 12.3. The van der Waals surface area contributed by atoms with Gasteiger partial charge in [0.25, 0.3) is 5.91 Å². The molecule has 0 spiro atoms. The Kier molecular flexibility index (Phi) is 5.70. The molecule has 1 unspecified atom stereocenters. The van der Waals surface area contributed by atoms with Gasteiger partial charge in [-0.25, -0.2) is 0 Å². The van der Waals surface area contributed by atoms with Crippen molar-refractivity contribution in [1.82, 2.24) is 9.88 Å². The molecule has 1 fully saturated rings. The molecular weight excluding hydrogens is 452 g/mol. The maximum atomic E-state index is 13.5. The molecule has 2 aliphatic heterocycles. The van der Waals surface area contributed by atoms with Crippen molar-refractivity contribution in [2.75, 3.05) is 43.1 Å². The van der Waals surface area contributed by atoms with Gasteiger partial charge >= 0.3 is 0 Å². The number of aromatic nitrogens is 1. The monoisotopic (exact) mass is 480 g/mol. The van der Waals surface area contributed by atoms with Crippen LogP contribution in [0.5, 0.6) is 0 Å². The molecule has 0 bridgehead atoms. The first-order valence-electron chi connectivity index (χ1n) is 12.3. The third kappa shape index (κ3) is 3.91. The minimum Gasteiger partial charge on any atom is -0.378 e. The quantitative estimate of drug-likeness (QED) is 0.441. The zero-order valence-electron chi connectivity index (χ0n) is 20.2. The van der Waals surface area contributed by atoms with Gasteiger partial charge in [0.2, 0.25) is 5.91 Å². The SMILES string of the molecule is Cc1[nH]c2ccccc2c1C1c2ccccc2C(=O)N1CC(=O)Nc1ccc(N2CCOCC2)cc1. The summed E-state index contributed by atoms with van der Waals surface area (Å²) in [6.07, 6.45) is 0. The van der Waals surface area contributed by atoms with Gasteiger partial charge in [-0.3, -0.25) is 9.59 Å². The number of hydrogen-bond donors (Lipinski definition) is 2. The summed E-state index contributed by atoms with van der Waals surface area (Å²) in [6.45, 7) is 5.15. The van der Waals surface area contributed by atoms with Crippen molar-refractivity contribution >= 4 is 34.1 Å². The molecule has 6 rings (SSSR count). The number of hydrogen-bond acceptors (Lipinski definition) is 4. The van der Waals surface area contributed by atoms with Crippen LogP contribution in [0, 0.1) is 6.92 Å². The van der Waals surface area contributed by atoms with Crippen LogP contribution in [0.4, 0.5) is 11.4 Å². The first-order chi connectivity index (χ1) is 17.6. The number of benzene rings is 3. The highest BCUT2D eigenvalue weighted by atomic mass is 16.5. The van der Waals surface area contributed by atoms with Gasteiger partial charge in [0.05, 0.1) is 19.3 Å². The number of anilines is 2. The van der Waals surface area contributed by atoms with E-state index in [1.165, 1.54) is 0 Å². The molecule has 0 saturated carbocycles. The molecule has 0 aliphatic carbocycles. The van der Waals surface area contributed by atoms with Crippen LogP contribution in [0.2, 0.25) is 0 Å². The van der Waals surface area contributed by atoms with Gasteiger partial charge in [0.1, 0.15) is 6.54 Å². The largest absolute Gasteiger partial charge is 0.378 e. The van der Waals surface area contributed by atoms with Gasteiger partial charge in [-0.2, -0.15) is 0 Å². The number of nitrogens with one attached hydrogen (secondary N) is 2. The Labute approximate surface area is 209 Å². The standard InChI is InChI=1S/C29H28N4O3/c1-19-27(24-8-4-5-9-25(24)30-19)28-22-6-2-3-7-23(22)29(35)33(28)18-26(34)31-20-10-12-21(13-11-20)32-14-16-36-17-15-32/h2-13,28,30H,14-18H2,1H3,(H,31,34). The van der Waals surface area contributed by atoms with Crippen LogP contribution in [-0.4, -0.2) is 54.5 Å². The summed E-state index contributed by atoms with van der Waals surface area (Å²) in [4.78, 5) is 34.1. The minimum atomic E-state index is -0.334. The van der Waals surface area contributed by atoms with E-state index >= 15 is 0 Å². The van der Waals surface area contributed by atoms with E-state index in [2.05, 4.69) is 21.3 Å². The summed E-state index contributed by atoms with van der Waals surface area (Å²) >= 11 is 0. The summed E-state index contributed by atoms with van der Waals surface area (Å²) < 4.78 is 5.43. The Morgan fingerprint density at radius 2 is 1.72 bits per heavy atom. The summed E-state index contributed by atoms with van der Waals surface area (Å²) in [7, 11) is 0. The molecule has 3 heterocycles. The van der Waals surface area contributed by atoms with E-state index < -0.39 is 0 Å². The highest BCUT2D eigenvalue weighted by molar-refractivity contribution is 6.04. The van der Waals surface area contributed by atoms with Gasteiger partial charge in [0.15, 0.2) is 0 Å². The zero-order chi connectivity index (χ0) is 24.6. The predicted molar refractivity (Wildman–Crippen MR) is 140 cm³/mol. The number of amides is 2. The Morgan fingerprint density at radius 1 is 1.00 bits per heavy atom. The lowest BCUT2D eigenvalue weighted by molar-refractivity contribution is -0.117. The first kappa shape index (κ1) is 22.4. The molecule has 7 nitrogen and oxygen atoms in total. The predicted octanol–water partition coefficient (Wildman–Crippen LogP) is 4.50. The molecule has 2 aliphatic rings. The second-order valence-corrected chi connectivity index (χ2v) is 9.33. The van der Waals surface area contributed by atoms with Gasteiger partial charge in [-0.15, -0.1) is 0 Å². The summed E-state index contributed by atoms with van der Waals surface area (Å²) in [5.74, 6) is -0.351. The van der Waals surface area contributed by atoms with E-state index in [1.807, 2.05) is 73.7 Å². The van der Waals surface area contributed by atoms with Crippen molar-refractivity contribution in [2.45, 2.75) is 13.0 Å². The highest BCUT2D eigenvalue weighted by Crippen LogP contribution is 2.42. The van der Waals surface area contributed by atoms with Crippen LogP contribution in [-0.2, 0) is 9.53 Å². The van der Waals surface area contributed by atoms with Crippen LogP contribution in [0.25, 0.3) is 10.9 Å². The fourth-order valence-electron chi connectivity index (χ4n) is 5.43. The van der Waals surface area contributed by atoms with Crippen molar-refractivity contribution in [3.63, 3.8) is 0 Å². The van der Waals surface area contributed by atoms with E-state index in [9.17, 15) is 9.59 Å². The van der Waals surface area contributed by atoms with Gasteiger partial charge in [0, 0.05) is 52.2 Å². The molecule has 2 amide bonds. The van der Waals surface area contributed by atoms with Crippen molar-refractivity contribution in [1.29, 1.82) is 0 Å². The Morgan fingerprint density at radius 3 is 2.53 bits per heavy atom. The van der Waals surface area contributed by atoms with Crippen LogP contribution in [0.1, 0.15) is 33.2 Å². The normalized spacial score (nSPS) is 17.5. The Balaban J connectivity index is 1.26. The molecule has 1 aromatic heterocycles. The zero-order valence-corrected chi connectivity index (χ0v) is 20.2. The van der Waals surface area contributed by atoms with E-state index in [1.54, 1.807) is 4.90 Å². The van der Waals surface area contributed by atoms with E-state index in [0.717, 1.165) is 59.7 Å². The number of morpholine rings is 1. The highest BCUT2D eigenvalue weighted by Gasteiger charge is 2.40. The molecule has 4 aromatic rings. The number of para-hydroxylation sites is 1. The number of H-pyrrole nitrogens is 1. The number of rotatable bonds is 5. The molecule has 1 atom stereocenters. The van der Waals surface area contributed by atoms with Crippen molar-refractivity contribution < 1.29 is 14.3 Å². The van der Waals surface area contributed by atoms with Crippen LogP contribution in [0.3, 0.4) is 0 Å².